The largest absolute Gasteiger partial charge is 0.354 e. The minimum Gasteiger partial charge on any atom is -0.354 e. The first-order valence-electron chi connectivity index (χ1n) is 7.35. The Morgan fingerprint density at radius 3 is 2.68 bits per heavy atom. The van der Waals surface area contributed by atoms with E-state index in [1.807, 2.05) is 6.92 Å². The number of hydrogen-bond acceptors (Lipinski definition) is 3. The van der Waals surface area contributed by atoms with Crippen LogP contribution in [-0.2, 0) is 4.79 Å². The Morgan fingerprint density at radius 2 is 2.11 bits per heavy atom. The van der Waals surface area contributed by atoms with Crippen LogP contribution in [-0.4, -0.2) is 30.4 Å². The van der Waals surface area contributed by atoms with Crippen molar-refractivity contribution in [1.29, 1.82) is 0 Å². The van der Waals surface area contributed by atoms with Gasteiger partial charge < -0.3 is 5.32 Å². The monoisotopic (exact) mass is 280 g/mol. The Morgan fingerprint density at radius 1 is 1.37 bits per heavy atom. The van der Waals surface area contributed by atoms with Crippen molar-refractivity contribution in [2.75, 3.05) is 19.6 Å². The van der Waals surface area contributed by atoms with Crippen molar-refractivity contribution in [2.24, 2.45) is 0 Å². The molecule has 0 radical (unpaired) electrons. The van der Waals surface area contributed by atoms with Gasteiger partial charge in [-0.15, -0.1) is 11.3 Å². The van der Waals surface area contributed by atoms with Crippen LogP contribution >= 0.6 is 11.3 Å². The maximum absolute atomic E-state index is 11.5. The second-order valence-electron chi connectivity index (χ2n) is 5.14. The van der Waals surface area contributed by atoms with Crippen molar-refractivity contribution in [3.05, 3.63) is 22.4 Å². The molecule has 1 aliphatic rings. The van der Waals surface area contributed by atoms with Gasteiger partial charge >= 0.3 is 0 Å². The summed E-state index contributed by atoms with van der Waals surface area (Å²) in [6.45, 7) is 4.96. The fourth-order valence-corrected chi connectivity index (χ4v) is 3.49. The molecule has 1 saturated heterocycles. The number of thiophene rings is 1. The average Bonchev–Trinajstić information content (AvgIpc) is 2.82. The number of nitrogens with one attached hydrogen (secondary N) is 1. The smallest absolute Gasteiger partial charge is 0.219 e. The number of likely N-dealkylation sites (tertiary alicyclic amines) is 1. The Kier molecular flexibility index (Phi) is 5.86. The molecule has 2 heterocycles. The van der Waals surface area contributed by atoms with Crippen LogP contribution in [0, 0.1) is 0 Å². The van der Waals surface area contributed by atoms with Gasteiger partial charge in [0.15, 0.2) is 0 Å². The molecule has 106 valence electrons. The normalized spacial score (nSPS) is 18.8. The van der Waals surface area contributed by atoms with Crippen molar-refractivity contribution in [3.63, 3.8) is 0 Å². The van der Waals surface area contributed by atoms with Crippen molar-refractivity contribution < 1.29 is 4.79 Å². The predicted octanol–water partition coefficient (Wildman–Crippen LogP) is 3.19. The fraction of sp³-hybridized carbons (Fsp3) is 0.667. The van der Waals surface area contributed by atoms with Gasteiger partial charge in [-0.3, -0.25) is 9.69 Å². The topological polar surface area (TPSA) is 32.3 Å². The molecule has 1 N–H and O–H groups in total. The van der Waals surface area contributed by atoms with Gasteiger partial charge in [-0.25, -0.2) is 0 Å². The Bertz CT molecular complexity index is 370. The molecule has 0 saturated carbocycles. The van der Waals surface area contributed by atoms with E-state index >= 15 is 0 Å². The van der Waals surface area contributed by atoms with Gasteiger partial charge in [-0.2, -0.15) is 0 Å². The highest BCUT2D eigenvalue weighted by atomic mass is 32.1. The number of hydrogen-bond donors (Lipinski definition) is 1. The van der Waals surface area contributed by atoms with Gasteiger partial charge in [-0.05, 0) is 37.4 Å². The third kappa shape index (κ3) is 4.32. The first-order chi connectivity index (χ1) is 9.31. The van der Waals surface area contributed by atoms with Crippen molar-refractivity contribution in [2.45, 2.75) is 45.1 Å². The van der Waals surface area contributed by atoms with Crippen molar-refractivity contribution in [3.8, 4) is 0 Å². The van der Waals surface area contributed by atoms with Gasteiger partial charge in [0.05, 0.1) is 6.04 Å². The minimum absolute atomic E-state index is 0.149. The molecule has 0 aromatic carbocycles. The first kappa shape index (κ1) is 14.5. The summed E-state index contributed by atoms with van der Waals surface area (Å²) in [6, 6.07) is 4.65. The van der Waals surface area contributed by atoms with Gasteiger partial charge in [-0.1, -0.05) is 25.8 Å². The fourth-order valence-electron chi connectivity index (χ4n) is 2.63. The summed E-state index contributed by atoms with van der Waals surface area (Å²) in [5.41, 5.74) is 0. The van der Waals surface area contributed by atoms with E-state index in [0.717, 1.165) is 19.6 Å². The molecular formula is C15H24N2OS. The average molecular weight is 280 g/mol. The van der Waals surface area contributed by atoms with E-state index in [-0.39, 0.29) is 5.91 Å². The zero-order valence-electron chi connectivity index (χ0n) is 11.7. The van der Waals surface area contributed by atoms with Crippen LogP contribution < -0.4 is 5.32 Å². The van der Waals surface area contributed by atoms with Crippen LogP contribution in [0.25, 0.3) is 0 Å². The molecule has 19 heavy (non-hydrogen) atoms. The van der Waals surface area contributed by atoms with Gasteiger partial charge in [0, 0.05) is 17.8 Å². The van der Waals surface area contributed by atoms with E-state index in [2.05, 4.69) is 27.7 Å². The summed E-state index contributed by atoms with van der Waals surface area (Å²) in [7, 11) is 0. The molecule has 3 nitrogen and oxygen atoms in total. The quantitative estimate of drug-likeness (QED) is 0.898. The molecule has 1 fully saturated rings. The second kappa shape index (κ2) is 7.65. The van der Waals surface area contributed by atoms with Crippen LogP contribution in [0.4, 0.5) is 0 Å². The molecule has 0 spiro atoms. The molecule has 1 aliphatic heterocycles. The number of amides is 1. The highest BCUT2D eigenvalue weighted by Gasteiger charge is 2.22. The number of rotatable bonds is 5. The molecule has 4 heteroatoms. The van der Waals surface area contributed by atoms with Crippen LogP contribution in [0.3, 0.4) is 0 Å². The summed E-state index contributed by atoms with van der Waals surface area (Å²) in [5.74, 6) is 0.149. The maximum atomic E-state index is 11.5. The number of carbonyl (C=O) groups excluding carboxylic acids is 1. The van der Waals surface area contributed by atoms with Crippen molar-refractivity contribution in [1.82, 2.24) is 10.2 Å². The zero-order chi connectivity index (χ0) is 13.5. The van der Waals surface area contributed by atoms with Gasteiger partial charge in [0.2, 0.25) is 5.91 Å². The highest BCUT2D eigenvalue weighted by molar-refractivity contribution is 7.10. The molecule has 1 amide bonds. The molecule has 0 aliphatic carbocycles. The SMILES string of the molecule is CCC(=O)NC[C@@H](c1cccs1)N1CCCCCC1. The predicted molar refractivity (Wildman–Crippen MR) is 80.4 cm³/mol. The third-order valence-electron chi connectivity index (χ3n) is 3.77. The maximum Gasteiger partial charge on any atom is 0.219 e. The Balaban J connectivity index is 2.02. The Hall–Kier alpha value is -0.870. The van der Waals surface area contributed by atoms with Gasteiger partial charge in [0.25, 0.3) is 0 Å². The van der Waals surface area contributed by atoms with Gasteiger partial charge in [0.1, 0.15) is 0 Å². The third-order valence-corrected chi connectivity index (χ3v) is 4.74. The molecule has 2 rings (SSSR count). The van der Waals surface area contributed by atoms with Crippen LogP contribution in [0.1, 0.15) is 49.9 Å². The van der Waals surface area contributed by atoms with E-state index in [9.17, 15) is 4.79 Å². The second-order valence-corrected chi connectivity index (χ2v) is 6.12. The lowest BCUT2D eigenvalue weighted by Crippen LogP contribution is -2.38. The van der Waals surface area contributed by atoms with E-state index < -0.39 is 0 Å². The van der Waals surface area contributed by atoms with Crippen LogP contribution in [0.5, 0.6) is 0 Å². The number of carbonyl (C=O) groups is 1. The molecular weight excluding hydrogens is 256 g/mol. The molecule has 1 aromatic heterocycles. The summed E-state index contributed by atoms with van der Waals surface area (Å²) in [4.78, 5) is 15.4. The molecule has 1 aromatic rings. The lowest BCUT2D eigenvalue weighted by atomic mass is 10.2. The summed E-state index contributed by atoms with van der Waals surface area (Å²) < 4.78 is 0. The van der Waals surface area contributed by atoms with Crippen LogP contribution in [0.15, 0.2) is 17.5 Å². The van der Waals surface area contributed by atoms with E-state index in [1.54, 1.807) is 11.3 Å². The van der Waals surface area contributed by atoms with Crippen molar-refractivity contribution >= 4 is 17.2 Å². The minimum atomic E-state index is 0.149. The molecule has 0 unspecified atom stereocenters. The van der Waals surface area contributed by atoms with Crippen LogP contribution in [0.2, 0.25) is 0 Å². The lowest BCUT2D eigenvalue weighted by Gasteiger charge is -2.30. The number of nitrogens with zero attached hydrogens (tertiary/aromatic N) is 1. The van der Waals surface area contributed by atoms with E-state index in [0.29, 0.717) is 12.5 Å². The highest BCUT2D eigenvalue weighted by Crippen LogP contribution is 2.27. The Labute approximate surface area is 120 Å². The molecule has 1 atom stereocenters. The lowest BCUT2D eigenvalue weighted by molar-refractivity contribution is -0.121. The zero-order valence-corrected chi connectivity index (χ0v) is 12.5. The first-order valence-corrected chi connectivity index (χ1v) is 8.23. The van der Waals surface area contributed by atoms with E-state index in [1.165, 1.54) is 30.6 Å². The summed E-state index contributed by atoms with van der Waals surface area (Å²) in [6.07, 6.45) is 5.81. The molecule has 0 bridgehead atoms. The standard InChI is InChI=1S/C15H24N2OS/c1-2-15(18)16-12-13(14-8-7-11-19-14)17-9-5-3-4-6-10-17/h7-8,11,13H,2-6,9-10,12H2,1H3,(H,16,18)/t13-/m0/s1. The van der Waals surface area contributed by atoms with E-state index in [4.69, 9.17) is 0 Å². The summed E-state index contributed by atoms with van der Waals surface area (Å²) >= 11 is 1.80. The summed E-state index contributed by atoms with van der Waals surface area (Å²) in [5, 5.41) is 5.19.